The van der Waals surface area contributed by atoms with E-state index < -0.39 is 0 Å². The zero-order valence-electron chi connectivity index (χ0n) is 17.4. The predicted octanol–water partition coefficient (Wildman–Crippen LogP) is 8.90. The summed E-state index contributed by atoms with van der Waals surface area (Å²) in [6, 6.07) is 15.5. The molecule has 0 saturated carbocycles. The van der Waals surface area contributed by atoms with Crippen LogP contribution in [0.25, 0.3) is 20.2 Å². The van der Waals surface area contributed by atoms with Crippen LogP contribution in [0, 0.1) is 6.92 Å². The summed E-state index contributed by atoms with van der Waals surface area (Å²) in [5.74, 6) is 0. The summed E-state index contributed by atoms with van der Waals surface area (Å²) in [7, 11) is 0. The van der Waals surface area contributed by atoms with Gasteiger partial charge in [0.25, 0.3) is 0 Å². The van der Waals surface area contributed by atoms with E-state index in [1.165, 1.54) is 41.1 Å². The second kappa shape index (κ2) is 6.86. The molecule has 0 radical (unpaired) electrons. The van der Waals surface area contributed by atoms with E-state index in [9.17, 15) is 0 Å². The van der Waals surface area contributed by atoms with Crippen molar-refractivity contribution in [2.75, 3.05) is 0 Å². The molecule has 0 aliphatic rings. The second-order valence-corrected chi connectivity index (χ2v) is 11.9. The molecule has 2 heterocycles. The maximum atomic E-state index is 6.93. The van der Waals surface area contributed by atoms with Crippen molar-refractivity contribution < 1.29 is 0 Å². The van der Waals surface area contributed by atoms with Crippen LogP contribution in [0.15, 0.2) is 42.5 Å². The predicted molar refractivity (Wildman–Crippen MR) is 129 cm³/mol. The van der Waals surface area contributed by atoms with Crippen LogP contribution in [-0.4, -0.2) is 0 Å². The Morgan fingerprint density at radius 2 is 1.54 bits per heavy atom. The molecular formula is C25H27ClS2. The normalized spacial score (nSPS) is 13.0. The Morgan fingerprint density at radius 3 is 2.21 bits per heavy atom. The first-order chi connectivity index (χ1) is 13.1. The Kier molecular flexibility index (Phi) is 4.89. The highest BCUT2D eigenvalue weighted by Crippen LogP contribution is 2.43. The zero-order valence-corrected chi connectivity index (χ0v) is 19.8. The number of thiophene rings is 2. The Morgan fingerprint density at radius 1 is 0.857 bits per heavy atom. The fraction of sp³-hybridized carbons (Fsp3) is 0.360. The lowest BCUT2D eigenvalue weighted by molar-refractivity contribution is 0.531. The lowest BCUT2D eigenvalue weighted by Crippen LogP contribution is -2.20. The van der Waals surface area contributed by atoms with Crippen molar-refractivity contribution in [2.45, 2.75) is 58.8 Å². The van der Waals surface area contributed by atoms with Crippen molar-refractivity contribution in [1.82, 2.24) is 0 Å². The van der Waals surface area contributed by atoms with Gasteiger partial charge in [-0.25, -0.2) is 0 Å². The highest BCUT2D eigenvalue weighted by molar-refractivity contribution is 7.19. The molecule has 3 heteroatoms. The van der Waals surface area contributed by atoms with E-state index in [-0.39, 0.29) is 10.8 Å². The molecule has 0 amide bonds. The number of aryl methyl sites for hydroxylation is 1. The van der Waals surface area contributed by atoms with Crippen LogP contribution in [0.1, 0.15) is 55.5 Å². The Hall–Kier alpha value is -1.35. The third-order valence-electron chi connectivity index (χ3n) is 5.55. The molecule has 2 aromatic carbocycles. The topological polar surface area (TPSA) is 0 Å². The van der Waals surface area contributed by atoms with E-state index in [1.54, 1.807) is 0 Å². The van der Waals surface area contributed by atoms with Crippen LogP contribution in [0.4, 0.5) is 0 Å². The standard InChI is InChI=1S/C25H27ClS2/c1-15-17-9-7-8-10-19(17)28-23(15)25(5,6)14-16-11-12-20-18(22(16)26)13-21(27-20)24(2,3)4/h7-13H,14H2,1-6H3. The average Bonchev–Trinajstić information content (AvgIpc) is 3.20. The van der Waals surface area contributed by atoms with E-state index >= 15 is 0 Å². The van der Waals surface area contributed by atoms with Gasteiger partial charge in [0.1, 0.15) is 0 Å². The van der Waals surface area contributed by atoms with Gasteiger partial charge in [0, 0.05) is 30.0 Å². The third kappa shape index (κ3) is 3.40. The van der Waals surface area contributed by atoms with Crippen LogP contribution < -0.4 is 0 Å². The largest absolute Gasteiger partial charge is 0.140 e. The van der Waals surface area contributed by atoms with Gasteiger partial charge in [-0.05, 0) is 53.5 Å². The van der Waals surface area contributed by atoms with E-state index in [2.05, 4.69) is 84.0 Å². The minimum absolute atomic E-state index is 0.0357. The summed E-state index contributed by atoms with van der Waals surface area (Å²) in [5, 5.41) is 3.51. The van der Waals surface area contributed by atoms with Gasteiger partial charge >= 0.3 is 0 Å². The number of benzene rings is 2. The fourth-order valence-electron chi connectivity index (χ4n) is 4.01. The monoisotopic (exact) mass is 426 g/mol. The van der Waals surface area contributed by atoms with E-state index in [4.69, 9.17) is 11.6 Å². The molecule has 0 aliphatic heterocycles. The summed E-state index contributed by atoms with van der Waals surface area (Å²) in [4.78, 5) is 2.85. The summed E-state index contributed by atoms with van der Waals surface area (Å²) in [6.45, 7) is 13.7. The Balaban J connectivity index is 1.75. The van der Waals surface area contributed by atoms with Gasteiger partial charge in [0.15, 0.2) is 0 Å². The van der Waals surface area contributed by atoms with Gasteiger partial charge in [-0.3, -0.25) is 0 Å². The quantitative estimate of drug-likeness (QED) is 0.306. The summed E-state index contributed by atoms with van der Waals surface area (Å²) in [6.07, 6.45) is 0.941. The first kappa shape index (κ1) is 19.9. The molecule has 2 aromatic heterocycles. The highest BCUT2D eigenvalue weighted by Gasteiger charge is 2.28. The Bertz CT molecular complexity index is 1170. The number of halogens is 1. The third-order valence-corrected chi connectivity index (χ3v) is 9.16. The summed E-state index contributed by atoms with van der Waals surface area (Å²) in [5.41, 5.74) is 2.84. The van der Waals surface area contributed by atoms with Crippen LogP contribution >= 0.6 is 34.3 Å². The molecule has 0 fully saturated rings. The van der Waals surface area contributed by atoms with E-state index in [1.807, 2.05) is 22.7 Å². The molecule has 4 rings (SSSR count). The van der Waals surface area contributed by atoms with Gasteiger partial charge in [0.2, 0.25) is 0 Å². The van der Waals surface area contributed by atoms with Crippen molar-refractivity contribution >= 4 is 54.4 Å². The molecule has 146 valence electrons. The molecule has 0 aliphatic carbocycles. The lowest BCUT2D eigenvalue weighted by atomic mass is 9.82. The maximum absolute atomic E-state index is 6.93. The molecule has 28 heavy (non-hydrogen) atoms. The molecule has 0 bridgehead atoms. The minimum atomic E-state index is 0.0357. The van der Waals surface area contributed by atoms with Crippen LogP contribution in [0.3, 0.4) is 0 Å². The van der Waals surface area contributed by atoms with Crippen LogP contribution in [-0.2, 0) is 17.3 Å². The van der Waals surface area contributed by atoms with E-state index in [0.29, 0.717) is 0 Å². The van der Waals surface area contributed by atoms with Crippen molar-refractivity contribution in [2.24, 2.45) is 0 Å². The molecule has 4 aromatic rings. The first-order valence-corrected chi connectivity index (χ1v) is 11.8. The molecule has 0 atom stereocenters. The number of rotatable bonds is 3. The fourth-order valence-corrected chi connectivity index (χ4v) is 6.78. The van der Waals surface area contributed by atoms with Gasteiger partial charge in [0.05, 0.1) is 5.02 Å². The second-order valence-electron chi connectivity index (χ2n) is 9.42. The van der Waals surface area contributed by atoms with Gasteiger partial charge in [-0.15, -0.1) is 22.7 Å². The lowest BCUT2D eigenvalue weighted by Gasteiger charge is -2.25. The maximum Gasteiger partial charge on any atom is 0.0525 e. The number of fused-ring (bicyclic) bond motifs is 2. The zero-order chi connectivity index (χ0) is 20.3. The smallest absolute Gasteiger partial charge is 0.0525 e. The SMILES string of the molecule is Cc1c(C(C)(C)Cc2ccc3sc(C(C)(C)C)cc3c2Cl)sc2ccccc12. The summed E-state index contributed by atoms with van der Waals surface area (Å²) < 4.78 is 2.66. The molecule has 0 unspecified atom stereocenters. The van der Waals surface area contributed by atoms with Crippen LogP contribution in [0.2, 0.25) is 5.02 Å². The number of hydrogen-bond donors (Lipinski definition) is 0. The van der Waals surface area contributed by atoms with Gasteiger partial charge in [-0.1, -0.05) is 70.5 Å². The average molecular weight is 427 g/mol. The van der Waals surface area contributed by atoms with Crippen molar-refractivity contribution in [3.63, 3.8) is 0 Å². The molecule has 0 nitrogen and oxygen atoms in total. The first-order valence-electron chi connectivity index (χ1n) is 9.78. The highest BCUT2D eigenvalue weighted by atomic mass is 35.5. The van der Waals surface area contributed by atoms with Gasteiger partial charge < -0.3 is 0 Å². The Labute approximate surface area is 181 Å². The molecule has 0 N–H and O–H groups in total. The molecule has 0 spiro atoms. The van der Waals surface area contributed by atoms with Crippen molar-refractivity contribution in [3.05, 3.63) is 68.4 Å². The van der Waals surface area contributed by atoms with Gasteiger partial charge in [-0.2, -0.15) is 0 Å². The molecular weight excluding hydrogens is 400 g/mol. The van der Waals surface area contributed by atoms with Crippen LogP contribution in [0.5, 0.6) is 0 Å². The molecule has 0 saturated heterocycles. The van der Waals surface area contributed by atoms with Crippen molar-refractivity contribution in [3.8, 4) is 0 Å². The van der Waals surface area contributed by atoms with E-state index in [0.717, 1.165) is 11.4 Å². The summed E-state index contributed by atoms with van der Waals surface area (Å²) >= 11 is 10.7. The number of hydrogen-bond acceptors (Lipinski definition) is 2. The van der Waals surface area contributed by atoms with Crippen molar-refractivity contribution in [1.29, 1.82) is 0 Å². The minimum Gasteiger partial charge on any atom is -0.140 e.